The first-order chi connectivity index (χ1) is 16.1. The van der Waals surface area contributed by atoms with Crippen molar-refractivity contribution >= 4 is 5.91 Å². The quantitative estimate of drug-likeness (QED) is 0.490. The van der Waals surface area contributed by atoms with Crippen LogP contribution in [0.1, 0.15) is 39.9 Å². The number of fused-ring (bicyclic) bond motifs is 1. The van der Waals surface area contributed by atoms with Crippen LogP contribution in [0.3, 0.4) is 0 Å². The van der Waals surface area contributed by atoms with E-state index >= 15 is 0 Å². The molecular formula is C28H32N2O3. The lowest BCUT2D eigenvalue weighted by molar-refractivity contribution is 0.0463. The third-order valence-electron chi connectivity index (χ3n) is 6.31. The van der Waals surface area contributed by atoms with E-state index in [1.165, 1.54) is 16.7 Å². The van der Waals surface area contributed by atoms with Gasteiger partial charge in [0.25, 0.3) is 0 Å². The standard InChI is InChI=1S/C28H32N2O3/c29-28(32)23-15-14-22-10-7-11-25(17-24(22)16-23)30(18-21-8-3-1-4-9-21)19-26(31)20-33-27-12-5-2-6-13-27/h1-6,8-9,12-16,25-26,31H,7,10-11,17-20H2,(H2,29,32)/t25?,26-/m0/s1. The number of rotatable bonds is 9. The Hall–Kier alpha value is -3.15. The zero-order valence-electron chi connectivity index (χ0n) is 18.9. The molecule has 2 atom stereocenters. The van der Waals surface area contributed by atoms with Crippen LogP contribution in [0.4, 0.5) is 0 Å². The van der Waals surface area contributed by atoms with E-state index in [9.17, 15) is 9.90 Å². The van der Waals surface area contributed by atoms with Crippen molar-refractivity contribution in [2.45, 2.75) is 44.4 Å². The summed E-state index contributed by atoms with van der Waals surface area (Å²) in [5, 5.41) is 10.8. The lowest BCUT2D eigenvalue weighted by Gasteiger charge is -2.33. The van der Waals surface area contributed by atoms with Gasteiger partial charge < -0.3 is 15.6 Å². The number of carbonyl (C=O) groups is 1. The third-order valence-corrected chi connectivity index (χ3v) is 6.31. The molecule has 0 radical (unpaired) electrons. The molecule has 0 bridgehead atoms. The van der Waals surface area contributed by atoms with Gasteiger partial charge in [0.05, 0.1) is 0 Å². The Morgan fingerprint density at radius 1 is 1.03 bits per heavy atom. The van der Waals surface area contributed by atoms with E-state index in [2.05, 4.69) is 17.0 Å². The molecule has 0 heterocycles. The summed E-state index contributed by atoms with van der Waals surface area (Å²) in [7, 11) is 0. The Morgan fingerprint density at radius 2 is 1.76 bits per heavy atom. The van der Waals surface area contributed by atoms with E-state index in [1.54, 1.807) is 0 Å². The van der Waals surface area contributed by atoms with Crippen LogP contribution in [0.5, 0.6) is 5.75 Å². The van der Waals surface area contributed by atoms with Gasteiger partial charge in [-0.1, -0.05) is 54.6 Å². The van der Waals surface area contributed by atoms with Gasteiger partial charge in [-0.15, -0.1) is 0 Å². The van der Waals surface area contributed by atoms with E-state index < -0.39 is 12.0 Å². The Kier molecular flexibility index (Phi) is 7.76. The molecule has 1 amide bonds. The number of para-hydroxylation sites is 1. The summed E-state index contributed by atoms with van der Waals surface area (Å²) >= 11 is 0. The van der Waals surface area contributed by atoms with Crippen molar-refractivity contribution in [1.29, 1.82) is 0 Å². The normalized spacial score (nSPS) is 16.6. The highest BCUT2D eigenvalue weighted by Gasteiger charge is 2.25. The van der Waals surface area contributed by atoms with Gasteiger partial charge in [0, 0.05) is 24.7 Å². The number of aliphatic hydroxyl groups excluding tert-OH is 1. The number of aliphatic hydroxyl groups is 1. The number of primary amides is 1. The minimum Gasteiger partial charge on any atom is -0.491 e. The summed E-state index contributed by atoms with van der Waals surface area (Å²) in [6.07, 6.45) is 3.29. The van der Waals surface area contributed by atoms with Crippen LogP contribution in [0.15, 0.2) is 78.9 Å². The van der Waals surface area contributed by atoms with Crippen molar-refractivity contribution in [3.05, 3.63) is 101 Å². The average Bonchev–Trinajstić information content (AvgIpc) is 3.05. The van der Waals surface area contributed by atoms with Crippen molar-refractivity contribution in [1.82, 2.24) is 4.90 Å². The molecule has 5 nitrogen and oxygen atoms in total. The van der Waals surface area contributed by atoms with E-state index in [4.69, 9.17) is 10.5 Å². The van der Waals surface area contributed by atoms with E-state index in [1.807, 2.05) is 66.7 Å². The van der Waals surface area contributed by atoms with Crippen molar-refractivity contribution in [3.8, 4) is 5.75 Å². The fourth-order valence-electron chi connectivity index (χ4n) is 4.60. The molecule has 1 unspecified atom stereocenters. The predicted octanol–water partition coefficient (Wildman–Crippen LogP) is 3.98. The van der Waals surface area contributed by atoms with Crippen molar-refractivity contribution in [2.24, 2.45) is 5.73 Å². The van der Waals surface area contributed by atoms with Crippen LogP contribution in [0.25, 0.3) is 0 Å². The van der Waals surface area contributed by atoms with Gasteiger partial charge in [-0.2, -0.15) is 0 Å². The second-order valence-corrected chi connectivity index (χ2v) is 8.79. The van der Waals surface area contributed by atoms with Crippen LogP contribution >= 0.6 is 0 Å². The highest BCUT2D eigenvalue weighted by molar-refractivity contribution is 5.93. The van der Waals surface area contributed by atoms with Gasteiger partial charge in [0.2, 0.25) is 5.91 Å². The van der Waals surface area contributed by atoms with Gasteiger partial charge >= 0.3 is 0 Å². The van der Waals surface area contributed by atoms with Gasteiger partial charge in [-0.25, -0.2) is 0 Å². The first kappa shape index (κ1) is 23.0. The maximum atomic E-state index is 11.7. The minimum atomic E-state index is -0.617. The predicted molar refractivity (Wildman–Crippen MR) is 130 cm³/mol. The molecule has 0 saturated heterocycles. The van der Waals surface area contributed by atoms with E-state index in [0.717, 1.165) is 38.0 Å². The number of hydrogen-bond acceptors (Lipinski definition) is 4. The van der Waals surface area contributed by atoms with Gasteiger partial charge in [0.1, 0.15) is 18.5 Å². The van der Waals surface area contributed by atoms with Crippen LogP contribution < -0.4 is 10.5 Å². The lowest BCUT2D eigenvalue weighted by atomic mass is 9.97. The molecule has 3 aromatic carbocycles. The Morgan fingerprint density at radius 3 is 2.48 bits per heavy atom. The second kappa shape index (κ2) is 11.1. The number of carbonyl (C=O) groups excluding carboxylic acids is 1. The van der Waals surface area contributed by atoms with Crippen LogP contribution in [-0.4, -0.2) is 41.2 Å². The first-order valence-corrected chi connectivity index (χ1v) is 11.6. The Labute approximate surface area is 195 Å². The molecule has 172 valence electrons. The molecular weight excluding hydrogens is 412 g/mol. The molecule has 3 aromatic rings. The zero-order chi connectivity index (χ0) is 23.0. The molecule has 0 saturated carbocycles. The molecule has 0 spiro atoms. The summed E-state index contributed by atoms with van der Waals surface area (Å²) in [5.74, 6) is 0.363. The van der Waals surface area contributed by atoms with E-state index in [0.29, 0.717) is 12.1 Å². The fourth-order valence-corrected chi connectivity index (χ4v) is 4.60. The third kappa shape index (κ3) is 6.44. The number of nitrogens with two attached hydrogens (primary N) is 1. The van der Waals surface area contributed by atoms with Gasteiger partial charge in [-0.05, 0) is 66.6 Å². The number of benzene rings is 3. The molecule has 0 fully saturated rings. The number of amides is 1. The Bertz CT molecular complexity index is 1040. The van der Waals surface area contributed by atoms with Crippen molar-refractivity contribution in [2.75, 3.05) is 13.2 Å². The van der Waals surface area contributed by atoms with Crippen molar-refractivity contribution in [3.63, 3.8) is 0 Å². The number of ether oxygens (including phenoxy) is 1. The summed E-state index contributed by atoms with van der Waals surface area (Å²) in [4.78, 5) is 14.1. The van der Waals surface area contributed by atoms with Crippen LogP contribution in [0, 0.1) is 0 Å². The molecule has 4 rings (SSSR count). The largest absolute Gasteiger partial charge is 0.491 e. The first-order valence-electron chi connectivity index (χ1n) is 11.6. The zero-order valence-corrected chi connectivity index (χ0v) is 18.9. The molecule has 33 heavy (non-hydrogen) atoms. The summed E-state index contributed by atoms with van der Waals surface area (Å²) in [5.41, 5.74) is 9.77. The number of hydrogen-bond donors (Lipinski definition) is 2. The maximum absolute atomic E-state index is 11.7. The summed E-state index contributed by atoms with van der Waals surface area (Å²) < 4.78 is 5.80. The second-order valence-electron chi connectivity index (χ2n) is 8.79. The Balaban J connectivity index is 1.50. The summed E-state index contributed by atoms with van der Waals surface area (Å²) in [6.45, 7) is 1.50. The fraction of sp³-hybridized carbons (Fsp3) is 0.321. The van der Waals surface area contributed by atoms with Gasteiger partial charge in [-0.3, -0.25) is 9.69 Å². The average molecular weight is 445 g/mol. The monoisotopic (exact) mass is 444 g/mol. The number of nitrogens with zero attached hydrogens (tertiary/aromatic N) is 1. The minimum absolute atomic E-state index is 0.241. The topological polar surface area (TPSA) is 75.8 Å². The molecule has 5 heteroatoms. The maximum Gasteiger partial charge on any atom is 0.248 e. The molecule has 0 aromatic heterocycles. The van der Waals surface area contributed by atoms with Crippen LogP contribution in [0.2, 0.25) is 0 Å². The number of aryl methyl sites for hydroxylation is 1. The van der Waals surface area contributed by atoms with Crippen molar-refractivity contribution < 1.29 is 14.6 Å². The van der Waals surface area contributed by atoms with Crippen LogP contribution in [-0.2, 0) is 19.4 Å². The molecule has 0 aliphatic heterocycles. The highest BCUT2D eigenvalue weighted by Crippen LogP contribution is 2.26. The molecule has 1 aliphatic rings. The molecule has 1 aliphatic carbocycles. The lowest BCUT2D eigenvalue weighted by Crippen LogP contribution is -2.42. The molecule has 3 N–H and O–H groups in total. The summed E-state index contributed by atoms with van der Waals surface area (Å²) in [6, 6.07) is 26.0. The highest BCUT2D eigenvalue weighted by atomic mass is 16.5. The van der Waals surface area contributed by atoms with E-state index in [-0.39, 0.29) is 12.6 Å². The smallest absolute Gasteiger partial charge is 0.248 e. The SMILES string of the molecule is NC(=O)c1ccc2c(c1)CC(N(Cc1ccccc1)C[C@H](O)COc1ccccc1)CCC2. The van der Waals surface area contributed by atoms with Gasteiger partial charge in [0.15, 0.2) is 0 Å².